The van der Waals surface area contributed by atoms with E-state index in [1.807, 2.05) is 0 Å². The number of nitrogens with zero attached hydrogens (tertiary/aromatic N) is 1. The normalized spacial score (nSPS) is 21.4. The summed E-state index contributed by atoms with van der Waals surface area (Å²) in [6.07, 6.45) is 4.05. The number of hydrogen-bond acceptors (Lipinski definition) is 5. The fraction of sp³-hybridized carbons (Fsp3) is 0.545. The van der Waals surface area contributed by atoms with Crippen LogP contribution in [0.15, 0.2) is 15.7 Å². The molecule has 1 aromatic rings. The summed E-state index contributed by atoms with van der Waals surface area (Å²) < 4.78 is 35.9. The summed E-state index contributed by atoms with van der Waals surface area (Å²) in [5.41, 5.74) is 1.50. The molecular formula is C11H12BrNO4S. The fourth-order valence-electron chi connectivity index (χ4n) is 2.58. The van der Waals surface area contributed by atoms with Gasteiger partial charge in [-0.3, -0.25) is 0 Å². The second-order valence-corrected chi connectivity index (χ2v) is 7.27. The lowest BCUT2D eigenvalue weighted by Gasteiger charge is -2.24. The molecule has 3 rings (SSSR count). The summed E-state index contributed by atoms with van der Waals surface area (Å²) in [4.78, 5) is 4.05. The van der Waals surface area contributed by atoms with Crippen molar-refractivity contribution in [1.82, 2.24) is 4.98 Å². The minimum atomic E-state index is -3.40. The largest absolute Gasteiger partial charge is 0.343 e. The highest BCUT2D eigenvalue weighted by molar-refractivity contribution is 9.10. The number of rotatable bonds is 1. The van der Waals surface area contributed by atoms with Crippen molar-refractivity contribution in [2.75, 3.05) is 19.5 Å². The van der Waals surface area contributed by atoms with Crippen LogP contribution in [0.2, 0.25) is 0 Å². The van der Waals surface area contributed by atoms with Crippen LogP contribution in [0.5, 0.6) is 0 Å². The molecule has 1 spiro atoms. The van der Waals surface area contributed by atoms with Gasteiger partial charge < -0.3 is 9.47 Å². The van der Waals surface area contributed by atoms with Crippen LogP contribution in [0.1, 0.15) is 17.5 Å². The molecule has 0 N–H and O–H groups in total. The highest BCUT2D eigenvalue weighted by Crippen LogP contribution is 2.47. The third kappa shape index (κ3) is 1.72. The van der Waals surface area contributed by atoms with Crippen LogP contribution < -0.4 is 0 Å². The van der Waals surface area contributed by atoms with E-state index in [4.69, 9.17) is 9.47 Å². The Hall–Kier alpha value is -0.500. The average Bonchev–Trinajstić information content (AvgIpc) is 2.88. The van der Waals surface area contributed by atoms with E-state index < -0.39 is 15.6 Å². The van der Waals surface area contributed by atoms with E-state index in [9.17, 15) is 8.42 Å². The molecule has 1 saturated heterocycles. The van der Waals surface area contributed by atoms with Gasteiger partial charge in [-0.25, -0.2) is 13.4 Å². The molecule has 1 fully saturated rings. The van der Waals surface area contributed by atoms with Gasteiger partial charge in [0.25, 0.3) is 0 Å². The predicted octanol–water partition coefficient (Wildman–Crippen LogP) is 1.39. The van der Waals surface area contributed by atoms with Gasteiger partial charge in [0.2, 0.25) is 0 Å². The summed E-state index contributed by atoms with van der Waals surface area (Å²) in [5.74, 6) is -0.912. The zero-order valence-corrected chi connectivity index (χ0v) is 12.2. The van der Waals surface area contributed by atoms with E-state index >= 15 is 0 Å². The first-order valence-corrected chi connectivity index (χ1v) is 8.28. The Balaban J connectivity index is 2.30. The third-order valence-corrected chi connectivity index (χ3v) is 4.98. The number of hydrogen-bond donors (Lipinski definition) is 0. The topological polar surface area (TPSA) is 65.5 Å². The second-order valence-electron chi connectivity index (χ2n) is 4.49. The molecule has 7 heteroatoms. The SMILES string of the molecule is CS(=O)(=O)c1ncc(Br)c2c1C1(CC2)OCCO1. The summed E-state index contributed by atoms with van der Waals surface area (Å²) >= 11 is 3.41. The lowest BCUT2D eigenvalue weighted by Crippen LogP contribution is -2.26. The van der Waals surface area contributed by atoms with Gasteiger partial charge in [0.15, 0.2) is 20.7 Å². The van der Waals surface area contributed by atoms with Crippen molar-refractivity contribution in [2.45, 2.75) is 23.7 Å². The highest BCUT2D eigenvalue weighted by Gasteiger charge is 2.48. The molecule has 0 amide bonds. The third-order valence-electron chi connectivity index (χ3n) is 3.29. The molecule has 0 aromatic carbocycles. The first-order valence-electron chi connectivity index (χ1n) is 5.60. The smallest absolute Gasteiger partial charge is 0.198 e. The lowest BCUT2D eigenvalue weighted by molar-refractivity contribution is -0.165. The Labute approximate surface area is 114 Å². The van der Waals surface area contributed by atoms with Crippen LogP contribution in [0.3, 0.4) is 0 Å². The highest BCUT2D eigenvalue weighted by atomic mass is 79.9. The molecule has 0 bridgehead atoms. The molecular weight excluding hydrogens is 322 g/mol. The zero-order chi connectivity index (χ0) is 13.0. The maximum Gasteiger partial charge on any atom is 0.198 e. The molecule has 2 aliphatic rings. The van der Waals surface area contributed by atoms with Gasteiger partial charge in [0.1, 0.15) is 0 Å². The predicted molar refractivity (Wildman–Crippen MR) is 66.9 cm³/mol. The molecule has 1 aliphatic carbocycles. The number of ether oxygens (including phenoxy) is 2. The fourth-order valence-corrected chi connectivity index (χ4v) is 3.98. The van der Waals surface area contributed by atoms with Crippen LogP contribution >= 0.6 is 15.9 Å². The van der Waals surface area contributed by atoms with Crippen molar-refractivity contribution < 1.29 is 17.9 Å². The van der Waals surface area contributed by atoms with Crippen molar-refractivity contribution >= 4 is 25.8 Å². The maximum absolute atomic E-state index is 11.9. The van der Waals surface area contributed by atoms with Crippen LogP contribution in [0.25, 0.3) is 0 Å². The molecule has 2 heterocycles. The molecule has 0 atom stereocenters. The van der Waals surface area contributed by atoms with Crippen molar-refractivity contribution in [3.63, 3.8) is 0 Å². The Morgan fingerprint density at radius 3 is 2.67 bits per heavy atom. The van der Waals surface area contributed by atoms with Crippen LogP contribution in [-0.4, -0.2) is 32.9 Å². The van der Waals surface area contributed by atoms with Crippen molar-refractivity contribution in [3.05, 3.63) is 21.8 Å². The first-order chi connectivity index (χ1) is 8.44. The van der Waals surface area contributed by atoms with E-state index in [1.165, 1.54) is 6.20 Å². The molecule has 0 radical (unpaired) electrons. The summed E-state index contributed by atoms with van der Waals surface area (Å²) in [6, 6.07) is 0. The van der Waals surface area contributed by atoms with Crippen molar-refractivity contribution in [2.24, 2.45) is 0 Å². The van der Waals surface area contributed by atoms with Crippen LogP contribution in [0.4, 0.5) is 0 Å². The summed E-state index contributed by atoms with van der Waals surface area (Å²) in [5, 5.41) is 0.0695. The molecule has 5 nitrogen and oxygen atoms in total. The summed E-state index contributed by atoms with van der Waals surface area (Å²) in [6.45, 7) is 0.963. The Bertz CT molecular complexity index is 608. The Kier molecular flexibility index (Phi) is 2.78. The number of aromatic nitrogens is 1. The lowest BCUT2D eigenvalue weighted by atomic mass is 10.1. The van der Waals surface area contributed by atoms with Crippen LogP contribution in [-0.2, 0) is 31.5 Å². The monoisotopic (exact) mass is 333 g/mol. The van der Waals surface area contributed by atoms with E-state index in [0.717, 1.165) is 22.7 Å². The Morgan fingerprint density at radius 1 is 1.39 bits per heavy atom. The number of sulfone groups is 1. The number of halogens is 1. The number of pyridine rings is 1. The molecule has 98 valence electrons. The molecule has 0 saturated carbocycles. The zero-order valence-electron chi connectivity index (χ0n) is 9.77. The van der Waals surface area contributed by atoms with Gasteiger partial charge in [-0.2, -0.15) is 0 Å². The minimum Gasteiger partial charge on any atom is -0.343 e. The quantitative estimate of drug-likeness (QED) is 0.777. The average molecular weight is 334 g/mol. The van der Waals surface area contributed by atoms with Gasteiger partial charge in [-0.1, -0.05) is 0 Å². The first kappa shape index (κ1) is 12.5. The van der Waals surface area contributed by atoms with E-state index in [0.29, 0.717) is 25.2 Å². The maximum atomic E-state index is 11.9. The van der Waals surface area contributed by atoms with Gasteiger partial charge in [-0.15, -0.1) is 0 Å². The second kappa shape index (κ2) is 4.00. The van der Waals surface area contributed by atoms with Gasteiger partial charge in [-0.05, 0) is 27.9 Å². The molecule has 0 unspecified atom stereocenters. The number of fused-ring (bicyclic) bond motifs is 2. The van der Waals surface area contributed by atoms with E-state index in [2.05, 4.69) is 20.9 Å². The molecule has 1 aliphatic heterocycles. The van der Waals surface area contributed by atoms with Crippen LogP contribution in [0, 0.1) is 0 Å². The molecule has 1 aromatic heterocycles. The van der Waals surface area contributed by atoms with Gasteiger partial charge in [0.05, 0.1) is 18.8 Å². The van der Waals surface area contributed by atoms with E-state index in [1.54, 1.807) is 0 Å². The summed E-state index contributed by atoms with van der Waals surface area (Å²) in [7, 11) is -3.40. The van der Waals surface area contributed by atoms with Gasteiger partial charge in [0, 0.05) is 23.3 Å². The standard InChI is InChI=1S/C11H12BrNO4S/c1-18(14,15)10-9-7(8(12)6-13-10)2-3-11(9)16-4-5-17-11/h6H,2-5H2,1H3. The minimum absolute atomic E-state index is 0.0695. The van der Waals surface area contributed by atoms with Crippen molar-refractivity contribution in [1.29, 1.82) is 0 Å². The van der Waals surface area contributed by atoms with Crippen molar-refractivity contribution in [3.8, 4) is 0 Å². The van der Waals surface area contributed by atoms with E-state index in [-0.39, 0.29) is 5.03 Å². The van der Waals surface area contributed by atoms with Gasteiger partial charge >= 0.3 is 0 Å². The Morgan fingerprint density at radius 2 is 2.06 bits per heavy atom. The molecule has 18 heavy (non-hydrogen) atoms.